The Balaban J connectivity index is 0. The third-order valence-corrected chi connectivity index (χ3v) is 1.72. The van der Waals surface area contributed by atoms with Crippen LogP contribution in [0, 0.1) is 12.8 Å². The Morgan fingerprint density at radius 1 is 1.00 bits per heavy atom. The molecule has 0 spiro atoms. The van der Waals surface area contributed by atoms with Crippen molar-refractivity contribution in [2.75, 3.05) is 0 Å². The second-order valence-corrected chi connectivity index (χ2v) is 2.50. The first kappa shape index (κ1) is 12.6. The number of hydrogen-bond acceptors (Lipinski definition) is 0. The summed E-state index contributed by atoms with van der Waals surface area (Å²) < 4.78 is 0. The van der Waals surface area contributed by atoms with Gasteiger partial charge in [-0.3, -0.25) is 0 Å². The predicted octanol–water partition coefficient (Wildman–Crippen LogP) is 2.82. The van der Waals surface area contributed by atoms with Gasteiger partial charge in [0.05, 0.1) is 0 Å². The molecule has 0 aromatic carbocycles. The van der Waals surface area contributed by atoms with E-state index in [9.17, 15) is 0 Å². The smallest absolute Gasteiger partial charge is 0 e. The minimum atomic E-state index is 0. The molecule has 0 atom stereocenters. The summed E-state index contributed by atoms with van der Waals surface area (Å²) in [5.41, 5.74) is 0. The molecule has 0 nitrogen and oxygen atoms in total. The van der Waals surface area contributed by atoms with Crippen molar-refractivity contribution in [2.24, 2.45) is 5.92 Å². The minimum absolute atomic E-state index is 0. The van der Waals surface area contributed by atoms with Gasteiger partial charge in [-0.2, -0.15) is 5.92 Å². The van der Waals surface area contributed by atoms with Crippen molar-refractivity contribution < 1.29 is 19.5 Å². The first-order valence-electron chi connectivity index (χ1n) is 3.22. The van der Waals surface area contributed by atoms with Gasteiger partial charge < -0.3 is 6.92 Å². The van der Waals surface area contributed by atoms with E-state index in [2.05, 4.69) is 6.92 Å². The fourth-order valence-electron chi connectivity index (χ4n) is 1.19. The number of rotatable bonds is 0. The van der Waals surface area contributed by atoms with E-state index in [4.69, 9.17) is 0 Å². The summed E-state index contributed by atoms with van der Waals surface area (Å²) in [6.07, 6.45) is 7.05. The largest absolute Gasteiger partial charge is 0.340 e. The summed E-state index contributed by atoms with van der Waals surface area (Å²) in [5, 5.41) is 0. The second-order valence-electron chi connectivity index (χ2n) is 2.50. The first-order chi connectivity index (χ1) is 3.39. The zero-order chi connectivity index (χ0) is 5.11. The molecule has 1 rings (SSSR count). The molecule has 0 aromatic rings. The fourth-order valence-corrected chi connectivity index (χ4v) is 1.19. The van der Waals surface area contributed by atoms with E-state index in [1.54, 1.807) is 0 Å². The molecule has 2 heteroatoms. The van der Waals surface area contributed by atoms with Gasteiger partial charge in [-0.25, -0.2) is 0 Å². The maximum absolute atomic E-state index is 4.00. The molecule has 0 radical (unpaired) electrons. The van der Waals surface area contributed by atoms with Gasteiger partial charge in [0, 0.05) is 19.5 Å². The molecule has 1 aliphatic carbocycles. The van der Waals surface area contributed by atoms with Crippen LogP contribution in [0.15, 0.2) is 0 Å². The van der Waals surface area contributed by atoms with Gasteiger partial charge in [0.2, 0.25) is 0 Å². The Hall–Kier alpha value is 0.913. The molecule has 1 saturated carbocycles. The average molecular weight is 199 g/mol. The first-order valence-corrected chi connectivity index (χ1v) is 3.22. The number of hydrogen-bond donors (Lipinski definition) is 0. The van der Waals surface area contributed by atoms with E-state index in [1.165, 1.54) is 32.1 Å². The van der Waals surface area contributed by atoms with Crippen LogP contribution in [0.3, 0.4) is 0 Å². The molecule has 0 unspecified atom stereocenters. The van der Waals surface area contributed by atoms with Crippen molar-refractivity contribution in [1.29, 1.82) is 0 Å². The van der Waals surface area contributed by atoms with Crippen molar-refractivity contribution in [3.63, 3.8) is 0 Å². The van der Waals surface area contributed by atoms with Gasteiger partial charge in [-0.15, -0.1) is 12.4 Å². The van der Waals surface area contributed by atoms with Crippen molar-refractivity contribution >= 4 is 12.4 Å². The molecule has 0 saturated heterocycles. The van der Waals surface area contributed by atoms with Crippen LogP contribution < -0.4 is 0 Å². The van der Waals surface area contributed by atoms with Gasteiger partial charge in [0.1, 0.15) is 0 Å². The number of halogens is 1. The predicted molar refractivity (Wildman–Crippen MR) is 39.2 cm³/mol. The Morgan fingerprint density at radius 2 is 1.44 bits per heavy atom. The Bertz CT molecular complexity index is 50.9. The van der Waals surface area contributed by atoms with E-state index < -0.39 is 0 Å². The Labute approximate surface area is 77.0 Å². The summed E-state index contributed by atoms with van der Waals surface area (Å²) in [4.78, 5) is 0. The maximum atomic E-state index is 4.00. The molecule has 0 amide bonds. The van der Waals surface area contributed by atoms with Crippen molar-refractivity contribution in [2.45, 2.75) is 32.1 Å². The van der Waals surface area contributed by atoms with Crippen LogP contribution in [0.25, 0.3) is 0 Å². The average Bonchev–Trinajstić information content (AvgIpc) is 1.69. The topological polar surface area (TPSA) is 0 Å². The van der Waals surface area contributed by atoms with Gasteiger partial charge >= 0.3 is 0 Å². The van der Waals surface area contributed by atoms with Crippen LogP contribution in [-0.2, 0) is 19.5 Å². The zero-order valence-corrected chi connectivity index (χ0v) is 9.72. The quantitative estimate of drug-likeness (QED) is 0.415. The third-order valence-electron chi connectivity index (χ3n) is 1.72. The summed E-state index contributed by atoms with van der Waals surface area (Å²) in [7, 11) is 0. The minimum Gasteiger partial charge on any atom is -0.340 e. The second kappa shape index (κ2) is 7.03. The molecule has 9 heavy (non-hydrogen) atoms. The van der Waals surface area contributed by atoms with Gasteiger partial charge in [0.25, 0.3) is 0 Å². The standard InChI is InChI=1S/C7H13.ClH.Zn/c1-7-5-3-2-4-6-7;;/h7H,1-6H2;1H;/q-1;;. The van der Waals surface area contributed by atoms with E-state index in [-0.39, 0.29) is 31.9 Å². The van der Waals surface area contributed by atoms with Gasteiger partial charge in [-0.1, -0.05) is 32.1 Å². The van der Waals surface area contributed by atoms with Crippen molar-refractivity contribution in [3.05, 3.63) is 6.92 Å². The van der Waals surface area contributed by atoms with Crippen molar-refractivity contribution in [3.8, 4) is 0 Å². The molecule has 1 aliphatic rings. The molecule has 0 aromatic heterocycles. The molecular weight excluding hydrogens is 185 g/mol. The molecule has 0 aliphatic heterocycles. The van der Waals surface area contributed by atoms with Crippen LogP contribution in [0.1, 0.15) is 32.1 Å². The monoisotopic (exact) mass is 197 g/mol. The van der Waals surface area contributed by atoms with Crippen LogP contribution in [0.5, 0.6) is 0 Å². The van der Waals surface area contributed by atoms with E-state index >= 15 is 0 Å². The molecule has 0 bridgehead atoms. The van der Waals surface area contributed by atoms with Crippen LogP contribution in [-0.4, -0.2) is 0 Å². The molecule has 0 N–H and O–H groups in total. The normalized spacial score (nSPS) is 19.7. The fraction of sp³-hybridized carbons (Fsp3) is 0.857. The maximum Gasteiger partial charge on any atom is 0 e. The van der Waals surface area contributed by atoms with E-state index in [0.29, 0.717) is 0 Å². The third kappa shape index (κ3) is 5.36. The van der Waals surface area contributed by atoms with E-state index in [1.807, 2.05) is 0 Å². The SMILES string of the molecule is Cl.[CH2-]C1CCCCC1.[Zn]. The van der Waals surface area contributed by atoms with Gasteiger partial charge in [0.15, 0.2) is 0 Å². The summed E-state index contributed by atoms with van der Waals surface area (Å²) >= 11 is 0. The molecule has 0 heterocycles. The van der Waals surface area contributed by atoms with Crippen molar-refractivity contribution in [1.82, 2.24) is 0 Å². The Morgan fingerprint density at radius 3 is 1.67 bits per heavy atom. The molecule has 52 valence electrons. The Kier molecular flexibility index (Phi) is 9.82. The zero-order valence-electron chi connectivity index (χ0n) is 5.94. The van der Waals surface area contributed by atoms with Crippen LogP contribution >= 0.6 is 12.4 Å². The summed E-state index contributed by atoms with van der Waals surface area (Å²) in [6.45, 7) is 4.00. The summed E-state index contributed by atoms with van der Waals surface area (Å²) in [6, 6.07) is 0. The van der Waals surface area contributed by atoms with Gasteiger partial charge in [-0.05, 0) is 0 Å². The molecular formula is C7H14ClZn-. The summed E-state index contributed by atoms with van der Waals surface area (Å²) in [5.74, 6) is 0.786. The van der Waals surface area contributed by atoms with E-state index in [0.717, 1.165) is 5.92 Å². The van der Waals surface area contributed by atoms with Crippen LogP contribution in [0.2, 0.25) is 0 Å². The van der Waals surface area contributed by atoms with Crippen LogP contribution in [0.4, 0.5) is 0 Å². The molecule has 1 fully saturated rings.